The number of hydrogen-bond acceptors (Lipinski definition) is 0. The molecule has 3 heteroatoms. The van der Waals surface area contributed by atoms with Crippen LogP contribution in [-0.2, 0) is 0 Å². The minimum Gasteiger partial charge on any atom is -0.0747 e. The van der Waals surface area contributed by atoms with Crippen molar-refractivity contribution in [1.29, 1.82) is 0 Å². The first-order valence-corrected chi connectivity index (χ1v) is 14.8. The van der Waals surface area contributed by atoms with E-state index in [2.05, 4.69) is 32.7 Å². The Kier molecular flexibility index (Phi) is 3.23. The monoisotopic (exact) mass is 162 g/mol. The van der Waals surface area contributed by atoms with Crippen LogP contribution in [0.4, 0.5) is 0 Å². The van der Waals surface area contributed by atoms with Gasteiger partial charge in [-0.05, 0) is 0 Å². The Morgan fingerprint density at radius 2 is 1.50 bits per heavy atom. The van der Waals surface area contributed by atoms with Crippen molar-refractivity contribution < 1.29 is 0 Å². The van der Waals surface area contributed by atoms with Gasteiger partial charge in [-0.3, -0.25) is 0 Å². The maximum absolute atomic E-state index is 2.52. The van der Waals surface area contributed by atoms with Crippen molar-refractivity contribution in [2.45, 2.75) is 32.7 Å². The van der Waals surface area contributed by atoms with Crippen LogP contribution in [0.25, 0.3) is 0 Å². The first-order valence-electron chi connectivity index (χ1n) is 3.42. The van der Waals surface area contributed by atoms with Crippen LogP contribution in [0.15, 0.2) is 0 Å². The molecule has 0 amide bonds. The molecule has 0 spiro atoms. The van der Waals surface area contributed by atoms with Crippen LogP contribution < -0.4 is 0 Å². The highest BCUT2D eigenvalue weighted by molar-refractivity contribution is 7.46. The van der Waals surface area contributed by atoms with Crippen molar-refractivity contribution in [3.05, 3.63) is 0 Å². The molecular formula is C5H18Si3. The minimum absolute atomic E-state index is 0.0949. The van der Waals surface area contributed by atoms with Gasteiger partial charge in [-0.1, -0.05) is 32.7 Å². The molecule has 0 aliphatic carbocycles. The number of hydrogen-bond donors (Lipinski definition) is 0. The summed E-state index contributed by atoms with van der Waals surface area (Å²) in [5.41, 5.74) is 0. The predicted octanol–water partition coefficient (Wildman–Crippen LogP) is 0.973. The molecule has 0 nitrogen and oxygen atoms in total. The third-order valence-corrected chi connectivity index (χ3v) is 27.6. The van der Waals surface area contributed by atoms with Crippen LogP contribution in [0.2, 0.25) is 32.7 Å². The Balaban J connectivity index is 3.39. The van der Waals surface area contributed by atoms with Crippen molar-refractivity contribution in [2.24, 2.45) is 0 Å². The maximum atomic E-state index is 2.52. The lowest BCUT2D eigenvalue weighted by atomic mass is 11.8. The fourth-order valence-corrected chi connectivity index (χ4v) is 33.1. The molecule has 0 fully saturated rings. The second-order valence-corrected chi connectivity index (χ2v) is 28.6. The highest BCUT2D eigenvalue weighted by Crippen LogP contribution is 1.98. The van der Waals surface area contributed by atoms with Crippen molar-refractivity contribution in [3.8, 4) is 0 Å². The second kappa shape index (κ2) is 2.98. The topological polar surface area (TPSA) is 0 Å². The van der Waals surface area contributed by atoms with Gasteiger partial charge in [-0.25, -0.2) is 0 Å². The van der Waals surface area contributed by atoms with Gasteiger partial charge in [0.05, 0.1) is 0 Å². The maximum Gasteiger partial charge on any atom is 0.0282 e. The van der Waals surface area contributed by atoms with Crippen LogP contribution in [0.3, 0.4) is 0 Å². The van der Waals surface area contributed by atoms with Gasteiger partial charge in [0.25, 0.3) is 0 Å². The summed E-state index contributed by atoms with van der Waals surface area (Å²) in [5, 5.41) is 0. The average molecular weight is 162 g/mol. The zero-order valence-corrected chi connectivity index (χ0v) is 10.4. The first-order chi connectivity index (χ1) is 3.42. The van der Waals surface area contributed by atoms with E-state index in [0.29, 0.717) is 8.55 Å². The highest BCUT2D eigenvalue weighted by atomic mass is 29.6. The van der Waals surface area contributed by atoms with Crippen LogP contribution in [0.5, 0.6) is 0 Å². The van der Waals surface area contributed by atoms with Crippen molar-refractivity contribution in [3.63, 3.8) is 0 Å². The molecule has 0 rings (SSSR count). The molecule has 0 unspecified atom stereocenters. The summed E-state index contributed by atoms with van der Waals surface area (Å²) in [6.07, 6.45) is 0. The smallest absolute Gasteiger partial charge is 0.0282 e. The van der Waals surface area contributed by atoms with Crippen LogP contribution in [-0.4, -0.2) is 24.5 Å². The summed E-state index contributed by atoms with van der Waals surface area (Å²) in [5.74, 6) is 0. The zero-order chi connectivity index (χ0) is 6.78. The summed E-state index contributed by atoms with van der Waals surface area (Å²) in [4.78, 5) is 0. The second-order valence-electron chi connectivity index (χ2n) is 4.16. The van der Waals surface area contributed by atoms with E-state index < -0.39 is 7.59 Å². The summed E-state index contributed by atoms with van der Waals surface area (Å²) in [7, 11) is -0.152. The molecule has 0 saturated heterocycles. The Morgan fingerprint density at radius 1 is 1.12 bits per heavy atom. The molecule has 0 bridgehead atoms. The Labute approximate surface area is 57.7 Å². The van der Waals surface area contributed by atoms with Gasteiger partial charge in [0.2, 0.25) is 0 Å². The van der Waals surface area contributed by atoms with E-state index in [0.717, 1.165) is 0 Å². The van der Waals surface area contributed by atoms with E-state index in [-0.39, 0.29) is 8.31 Å². The largest absolute Gasteiger partial charge is 0.0747 e. The molecule has 0 saturated carbocycles. The SMILES string of the molecule is C[SiH](C)[SiH2][Si](C)(C)C. The Bertz CT molecular complexity index is 62.6. The van der Waals surface area contributed by atoms with Crippen molar-refractivity contribution in [1.82, 2.24) is 0 Å². The van der Waals surface area contributed by atoms with Crippen LogP contribution >= 0.6 is 0 Å². The summed E-state index contributed by atoms with van der Waals surface area (Å²) < 4.78 is 0. The standard InChI is InChI=1S/C5H18Si3/c1-7(2)6-8(3,4)5/h7H,6H2,1-5H3. The summed E-state index contributed by atoms with van der Waals surface area (Å²) >= 11 is 0. The van der Waals surface area contributed by atoms with Gasteiger partial charge < -0.3 is 0 Å². The third kappa shape index (κ3) is 6.65. The van der Waals surface area contributed by atoms with Gasteiger partial charge in [0.15, 0.2) is 0 Å². The van der Waals surface area contributed by atoms with Gasteiger partial charge in [0, 0.05) is 24.5 Å². The molecule has 0 N–H and O–H groups in total. The predicted molar refractivity (Wildman–Crippen MR) is 50.8 cm³/mol. The minimum atomic E-state index is -0.520. The third-order valence-electron chi connectivity index (χ3n) is 1.02. The lowest BCUT2D eigenvalue weighted by Gasteiger charge is -2.16. The molecular weight excluding hydrogens is 144 g/mol. The van der Waals surface area contributed by atoms with Crippen molar-refractivity contribution in [2.75, 3.05) is 0 Å². The molecule has 0 aliphatic rings. The molecule has 0 aromatic rings. The lowest BCUT2D eigenvalue weighted by Crippen LogP contribution is -2.38. The Morgan fingerprint density at radius 3 is 1.50 bits per heavy atom. The molecule has 0 aromatic heterocycles. The molecule has 50 valence electrons. The van der Waals surface area contributed by atoms with E-state index >= 15 is 0 Å². The van der Waals surface area contributed by atoms with Crippen molar-refractivity contribution >= 4 is 24.5 Å². The van der Waals surface area contributed by atoms with Gasteiger partial charge in [-0.15, -0.1) is 0 Å². The normalized spacial score (nSPS) is 14.2. The van der Waals surface area contributed by atoms with Crippen LogP contribution in [0, 0.1) is 0 Å². The van der Waals surface area contributed by atoms with E-state index in [1.807, 2.05) is 0 Å². The summed E-state index contributed by atoms with van der Waals surface area (Å²) in [6.45, 7) is 12.6. The highest BCUT2D eigenvalue weighted by Gasteiger charge is 2.15. The molecule has 8 heavy (non-hydrogen) atoms. The van der Waals surface area contributed by atoms with E-state index in [9.17, 15) is 0 Å². The van der Waals surface area contributed by atoms with E-state index in [1.54, 1.807) is 0 Å². The zero-order valence-electron chi connectivity index (χ0n) is 6.78. The number of rotatable bonds is 2. The van der Waals surface area contributed by atoms with E-state index in [4.69, 9.17) is 0 Å². The lowest BCUT2D eigenvalue weighted by molar-refractivity contribution is 1.86. The Hall–Kier alpha value is 0.651. The quantitative estimate of drug-likeness (QED) is 0.531. The first kappa shape index (κ1) is 8.65. The van der Waals surface area contributed by atoms with Gasteiger partial charge >= 0.3 is 0 Å². The van der Waals surface area contributed by atoms with Gasteiger partial charge in [-0.2, -0.15) is 0 Å². The fraction of sp³-hybridized carbons (Fsp3) is 1.00. The summed E-state index contributed by atoms with van der Waals surface area (Å²) in [6, 6.07) is 0. The van der Waals surface area contributed by atoms with Crippen LogP contribution in [0.1, 0.15) is 0 Å². The average Bonchev–Trinajstić information content (AvgIpc) is 1.21. The molecule has 0 heterocycles. The van der Waals surface area contributed by atoms with E-state index in [1.165, 1.54) is 0 Å². The fourth-order valence-electron chi connectivity index (χ4n) is 1.22. The molecule has 0 atom stereocenters. The molecule has 0 aliphatic heterocycles. The van der Waals surface area contributed by atoms with Gasteiger partial charge in [0.1, 0.15) is 0 Å². The molecule has 0 radical (unpaired) electrons. The molecule has 0 aromatic carbocycles.